The van der Waals surface area contributed by atoms with Crippen molar-refractivity contribution in [1.82, 2.24) is 0 Å². The molecule has 0 amide bonds. The highest BCUT2D eigenvalue weighted by Gasteiger charge is 2.05. The molecule has 0 aliphatic carbocycles. The van der Waals surface area contributed by atoms with Crippen LogP contribution in [0, 0.1) is 0 Å². The molecule has 2 aromatic carbocycles. The summed E-state index contributed by atoms with van der Waals surface area (Å²) in [6.45, 7) is 0.407. The van der Waals surface area contributed by atoms with Gasteiger partial charge in [0.15, 0.2) is 0 Å². The van der Waals surface area contributed by atoms with E-state index in [-0.39, 0.29) is 0 Å². The summed E-state index contributed by atoms with van der Waals surface area (Å²) in [6.07, 6.45) is 0. The lowest BCUT2D eigenvalue weighted by Gasteiger charge is -2.10. The van der Waals surface area contributed by atoms with Crippen LogP contribution in [-0.4, -0.2) is 12.1 Å². The lowest BCUT2D eigenvalue weighted by Crippen LogP contribution is -2.09. The molecule has 0 aromatic heterocycles. The number of benzene rings is 2. The van der Waals surface area contributed by atoms with E-state index in [4.69, 9.17) is 39.0 Å². The van der Waals surface area contributed by atoms with Gasteiger partial charge >= 0.3 is 0 Å². The standard InChI is InChI=1S/C15H14ClNO2S/c1-18-13-6-11(15(17)20)7-14(8-13)19-9-10-3-2-4-12(16)5-10/h2-8H,9H2,1H3,(H2,17,20). The van der Waals surface area contributed by atoms with Crippen LogP contribution in [0.25, 0.3) is 0 Å². The van der Waals surface area contributed by atoms with Crippen molar-refractivity contribution in [1.29, 1.82) is 0 Å². The van der Waals surface area contributed by atoms with Gasteiger partial charge in [0.2, 0.25) is 0 Å². The van der Waals surface area contributed by atoms with E-state index in [1.54, 1.807) is 25.3 Å². The SMILES string of the molecule is COc1cc(OCc2cccc(Cl)c2)cc(C(N)=S)c1. The van der Waals surface area contributed by atoms with Crippen molar-refractivity contribution in [3.63, 3.8) is 0 Å². The molecule has 0 unspecified atom stereocenters. The molecular weight excluding hydrogens is 294 g/mol. The average Bonchev–Trinajstić information content (AvgIpc) is 2.45. The summed E-state index contributed by atoms with van der Waals surface area (Å²) >= 11 is 10.9. The van der Waals surface area contributed by atoms with Crippen LogP contribution in [-0.2, 0) is 6.61 Å². The van der Waals surface area contributed by atoms with E-state index in [9.17, 15) is 0 Å². The van der Waals surface area contributed by atoms with E-state index in [1.165, 1.54) is 0 Å². The molecule has 0 bridgehead atoms. The Balaban J connectivity index is 2.16. The third-order valence-electron chi connectivity index (χ3n) is 2.69. The molecule has 104 valence electrons. The van der Waals surface area contributed by atoms with Crippen molar-refractivity contribution in [3.8, 4) is 11.5 Å². The average molecular weight is 308 g/mol. The van der Waals surface area contributed by atoms with Gasteiger partial charge in [0.25, 0.3) is 0 Å². The molecule has 0 aliphatic rings. The van der Waals surface area contributed by atoms with Crippen molar-refractivity contribution in [3.05, 3.63) is 58.6 Å². The Morgan fingerprint density at radius 2 is 1.95 bits per heavy atom. The Bertz CT molecular complexity index is 631. The van der Waals surface area contributed by atoms with E-state index in [1.807, 2.05) is 24.3 Å². The third kappa shape index (κ3) is 3.85. The molecule has 0 spiro atoms. The molecule has 0 radical (unpaired) electrons. The fraction of sp³-hybridized carbons (Fsp3) is 0.133. The maximum atomic E-state index is 5.93. The van der Waals surface area contributed by atoms with Crippen LogP contribution in [0.1, 0.15) is 11.1 Å². The molecule has 20 heavy (non-hydrogen) atoms. The van der Waals surface area contributed by atoms with E-state index in [0.717, 1.165) is 5.56 Å². The number of nitrogens with two attached hydrogens (primary N) is 1. The summed E-state index contributed by atoms with van der Waals surface area (Å²) in [6, 6.07) is 12.8. The van der Waals surface area contributed by atoms with E-state index >= 15 is 0 Å². The highest BCUT2D eigenvalue weighted by Crippen LogP contribution is 2.24. The maximum Gasteiger partial charge on any atom is 0.124 e. The van der Waals surface area contributed by atoms with Gasteiger partial charge in [0.05, 0.1) is 7.11 Å². The smallest absolute Gasteiger partial charge is 0.124 e. The van der Waals surface area contributed by atoms with Gasteiger partial charge in [-0.3, -0.25) is 0 Å². The van der Waals surface area contributed by atoms with E-state index in [2.05, 4.69) is 0 Å². The second-order valence-electron chi connectivity index (χ2n) is 4.18. The van der Waals surface area contributed by atoms with Gasteiger partial charge < -0.3 is 15.2 Å². The molecule has 0 saturated carbocycles. The lowest BCUT2D eigenvalue weighted by molar-refractivity contribution is 0.303. The number of methoxy groups -OCH3 is 1. The first kappa shape index (κ1) is 14.6. The summed E-state index contributed by atoms with van der Waals surface area (Å²) in [4.78, 5) is 0.302. The first-order valence-electron chi connectivity index (χ1n) is 5.94. The largest absolute Gasteiger partial charge is 0.497 e. The first-order valence-corrected chi connectivity index (χ1v) is 6.73. The molecule has 0 saturated heterocycles. The zero-order valence-electron chi connectivity index (χ0n) is 10.9. The summed E-state index contributed by atoms with van der Waals surface area (Å²) < 4.78 is 10.9. The molecule has 2 rings (SSSR count). The van der Waals surface area contributed by atoms with Gasteiger partial charge in [-0.2, -0.15) is 0 Å². The van der Waals surface area contributed by atoms with Crippen molar-refractivity contribution in [2.45, 2.75) is 6.61 Å². The van der Waals surface area contributed by atoms with E-state index in [0.29, 0.717) is 33.7 Å². The highest BCUT2D eigenvalue weighted by molar-refractivity contribution is 7.80. The minimum absolute atomic E-state index is 0.302. The van der Waals surface area contributed by atoms with Gasteiger partial charge in [-0.1, -0.05) is 36.0 Å². The lowest BCUT2D eigenvalue weighted by atomic mass is 10.2. The predicted octanol–water partition coefficient (Wildman–Crippen LogP) is 3.56. The molecular formula is C15H14ClNO2S. The van der Waals surface area contributed by atoms with Crippen molar-refractivity contribution < 1.29 is 9.47 Å². The third-order valence-corrected chi connectivity index (χ3v) is 3.17. The number of halogens is 1. The summed E-state index contributed by atoms with van der Waals surface area (Å²) in [5.41, 5.74) is 7.33. The van der Waals surface area contributed by atoms with Crippen LogP contribution in [0.4, 0.5) is 0 Å². The summed E-state index contributed by atoms with van der Waals surface area (Å²) in [5, 5.41) is 0.681. The maximum absolute atomic E-state index is 5.93. The van der Waals surface area contributed by atoms with Crippen molar-refractivity contribution in [2.24, 2.45) is 5.73 Å². The number of hydrogen-bond acceptors (Lipinski definition) is 3. The van der Waals surface area contributed by atoms with Crippen LogP contribution in [0.2, 0.25) is 5.02 Å². The normalized spacial score (nSPS) is 10.1. The monoisotopic (exact) mass is 307 g/mol. The summed E-state index contributed by atoms with van der Waals surface area (Å²) in [7, 11) is 1.58. The van der Waals surface area contributed by atoms with Crippen LogP contribution >= 0.6 is 23.8 Å². The Kier molecular flexibility index (Phi) is 4.82. The Labute approximate surface area is 128 Å². The van der Waals surface area contributed by atoms with Gasteiger partial charge in [-0.25, -0.2) is 0 Å². The van der Waals surface area contributed by atoms with Gasteiger partial charge in [-0.15, -0.1) is 0 Å². The Hall–Kier alpha value is -1.78. The zero-order chi connectivity index (χ0) is 14.5. The molecule has 0 heterocycles. The van der Waals surface area contributed by atoms with E-state index < -0.39 is 0 Å². The number of rotatable bonds is 5. The Morgan fingerprint density at radius 3 is 2.60 bits per heavy atom. The van der Waals surface area contributed by atoms with Crippen LogP contribution < -0.4 is 15.2 Å². The van der Waals surface area contributed by atoms with Crippen molar-refractivity contribution >= 4 is 28.8 Å². The van der Waals surface area contributed by atoms with Crippen LogP contribution in [0.3, 0.4) is 0 Å². The topological polar surface area (TPSA) is 44.5 Å². The molecule has 0 aliphatic heterocycles. The van der Waals surface area contributed by atoms with Gasteiger partial charge in [-0.05, 0) is 29.8 Å². The number of ether oxygens (including phenoxy) is 2. The first-order chi connectivity index (χ1) is 9.58. The quantitative estimate of drug-likeness (QED) is 0.858. The van der Waals surface area contributed by atoms with Gasteiger partial charge in [0, 0.05) is 16.7 Å². The molecule has 2 aromatic rings. The van der Waals surface area contributed by atoms with Crippen LogP contribution in [0.5, 0.6) is 11.5 Å². The molecule has 0 atom stereocenters. The minimum atomic E-state index is 0.302. The number of thiocarbonyl (C=S) groups is 1. The molecule has 3 nitrogen and oxygen atoms in total. The second kappa shape index (κ2) is 6.59. The highest BCUT2D eigenvalue weighted by atomic mass is 35.5. The van der Waals surface area contributed by atoms with Crippen molar-refractivity contribution in [2.75, 3.05) is 7.11 Å². The second-order valence-corrected chi connectivity index (χ2v) is 5.06. The fourth-order valence-electron chi connectivity index (χ4n) is 1.71. The molecule has 5 heteroatoms. The minimum Gasteiger partial charge on any atom is -0.497 e. The fourth-order valence-corrected chi connectivity index (χ4v) is 2.04. The predicted molar refractivity (Wildman–Crippen MR) is 84.7 cm³/mol. The Morgan fingerprint density at radius 1 is 1.20 bits per heavy atom. The van der Waals surface area contributed by atoms with Crippen LogP contribution in [0.15, 0.2) is 42.5 Å². The van der Waals surface area contributed by atoms with Gasteiger partial charge in [0.1, 0.15) is 23.1 Å². The zero-order valence-corrected chi connectivity index (χ0v) is 12.5. The molecule has 0 fully saturated rings. The summed E-state index contributed by atoms with van der Waals surface area (Å²) in [5.74, 6) is 1.29. The number of hydrogen-bond donors (Lipinski definition) is 1. The molecule has 2 N–H and O–H groups in total.